The molecule has 0 bridgehead atoms. The first-order valence-electron chi connectivity index (χ1n) is 6.31. The van der Waals surface area contributed by atoms with E-state index in [0.717, 1.165) is 18.5 Å². The largest absolute Gasteiger partial charge is 0.453 e. The van der Waals surface area contributed by atoms with Crippen LogP contribution < -0.4 is 5.32 Å². The van der Waals surface area contributed by atoms with E-state index in [-0.39, 0.29) is 6.04 Å². The van der Waals surface area contributed by atoms with E-state index < -0.39 is 0 Å². The summed E-state index contributed by atoms with van der Waals surface area (Å²) in [6, 6.07) is 10.6. The average molecular weight is 264 g/mol. The average Bonchev–Trinajstić information content (AvgIpc) is 2.82. The zero-order chi connectivity index (χ0) is 13.0. The van der Waals surface area contributed by atoms with Crippen LogP contribution in [0.25, 0.3) is 0 Å². The Kier molecular flexibility index (Phi) is 4.45. The molecule has 2 nitrogen and oxygen atoms in total. The Balaban J connectivity index is 2.38. The lowest BCUT2D eigenvalue weighted by Crippen LogP contribution is -2.21. The van der Waals surface area contributed by atoms with Gasteiger partial charge in [0, 0.05) is 5.56 Å². The van der Waals surface area contributed by atoms with Crippen molar-refractivity contribution < 1.29 is 4.42 Å². The van der Waals surface area contributed by atoms with Gasteiger partial charge in [-0.15, -0.1) is 0 Å². The molecule has 0 amide bonds. The molecule has 0 aliphatic carbocycles. The van der Waals surface area contributed by atoms with E-state index in [1.807, 2.05) is 6.07 Å². The summed E-state index contributed by atoms with van der Waals surface area (Å²) < 4.78 is 5.20. The Morgan fingerprint density at radius 1 is 1.28 bits per heavy atom. The molecule has 2 rings (SSSR count). The summed E-state index contributed by atoms with van der Waals surface area (Å²) in [5.41, 5.74) is 3.54. The van der Waals surface area contributed by atoms with Crippen LogP contribution in [0.1, 0.15) is 36.6 Å². The van der Waals surface area contributed by atoms with Crippen LogP contribution in [0.15, 0.2) is 41.0 Å². The van der Waals surface area contributed by atoms with Crippen LogP contribution in [-0.4, -0.2) is 6.54 Å². The van der Waals surface area contributed by atoms with E-state index in [9.17, 15) is 0 Å². The molecule has 2 aromatic rings. The standard InChI is InChI=1S/C15H18ClNO/c1-3-11-6-5-7-12(10-11)14(17-4-2)13-8-9-18-15(13)16/h5-10,14,17H,3-4H2,1-2H3. The number of furan rings is 1. The highest BCUT2D eigenvalue weighted by atomic mass is 35.5. The van der Waals surface area contributed by atoms with Gasteiger partial charge in [-0.3, -0.25) is 0 Å². The normalized spacial score (nSPS) is 12.6. The monoisotopic (exact) mass is 263 g/mol. The van der Waals surface area contributed by atoms with Crippen molar-refractivity contribution in [2.24, 2.45) is 0 Å². The summed E-state index contributed by atoms with van der Waals surface area (Å²) in [6.07, 6.45) is 2.66. The van der Waals surface area contributed by atoms with Gasteiger partial charge in [-0.05, 0) is 41.8 Å². The number of hydrogen-bond donors (Lipinski definition) is 1. The molecule has 18 heavy (non-hydrogen) atoms. The summed E-state index contributed by atoms with van der Waals surface area (Å²) in [5, 5.41) is 3.91. The molecular weight excluding hydrogens is 246 g/mol. The van der Waals surface area contributed by atoms with Gasteiger partial charge in [-0.2, -0.15) is 0 Å². The summed E-state index contributed by atoms with van der Waals surface area (Å²) in [7, 11) is 0. The lowest BCUT2D eigenvalue weighted by atomic mass is 9.98. The van der Waals surface area contributed by atoms with E-state index in [1.54, 1.807) is 6.26 Å². The van der Waals surface area contributed by atoms with Crippen LogP contribution in [0.4, 0.5) is 0 Å². The first-order valence-corrected chi connectivity index (χ1v) is 6.69. The second-order valence-corrected chi connectivity index (χ2v) is 4.58. The van der Waals surface area contributed by atoms with E-state index in [0.29, 0.717) is 5.22 Å². The van der Waals surface area contributed by atoms with Gasteiger partial charge in [0.15, 0.2) is 5.22 Å². The van der Waals surface area contributed by atoms with Gasteiger partial charge in [0.1, 0.15) is 0 Å². The molecule has 1 heterocycles. The lowest BCUT2D eigenvalue weighted by molar-refractivity contribution is 0.555. The third kappa shape index (κ3) is 2.77. The number of rotatable bonds is 5. The molecule has 0 aliphatic heterocycles. The predicted molar refractivity (Wildman–Crippen MR) is 75.1 cm³/mol. The minimum Gasteiger partial charge on any atom is -0.453 e. The quantitative estimate of drug-likeness (QED) is 0.875. The molecule has 0 fully saturated rings. The Hall–Kier alpha value is -1.25. The second kappa shape index (κ2) is 6.07. The topological polar surface area (TPSA) is 25.2 Å². The minimum atomic E-state index is 0.0905. The molecular formula is C15H18ClNO. The van der Waals surface area contributed by atoms with Crippen LogP contribution in [-0.2, 0) is 6.42 Å². The molecule has 1 unspecified atom stereocenters. The van der Waals surface area contributed by atoms with Gasteiger partial charge < -0.3 is 9.73 Å². The molecule has 0 spiro atoms. The first-order chi connectivity index (χ1) is 8.76. The van der Waals surface area contributed by atoms with E-state index in [2.05, 4.69) is 43.4 Å². The zero-order valence-electron chi connectivity index (χ0n) is 10.7. The van der Waals surface area contributed by atoms with Crippen LogP contribution in [0.2, 0.25) is 5.22 Å². The maximum absolute atomic E-state index is 6.09. The fourth-order valence-corrected chi connectivity index (χ4v) is 2.34. The SMILES string of the molecule is CCNC(c1cccc(CC)c1)c1ccoc1Cl. The van der Waals surface area contributed by atoms with Crippen LogP contribution in [0.3, 0.4) is 0 Å². The number of benzene rings is 1. The summed E-state index contributed by atoms with van der Waals surface area (Å²) in [6.45, 7) is 5.12. The first kappa shape index (κ1) is 13.2. The van der Waals surface area contributed by atoms with Gasteiger partial charge in [0.2, 0.25) is 0 Å². The minimum absolute atomic E-state index is 0.0905. The van der Waals surface area contributed by atoms with Gasteiger partial charge in [0.05, 0.1) is 12.3 Å². The van der Waals surface area contributed by atoms with Crippen molar-refractivity contribution >= 4 is 11.6 Å². The fraction of sp³-hybridized carbons (Fsp3) is 0.333. The Morgan fingerprint density at radius 3 is 2.72 bits per heavy atom. The maximum Gasteiger partial charge on any atom is 0.198 e. The third-order valence-electron chi connectivity index (χ3n) is 3.06. The Labute approximate surface area is 113 Å². The summed E-state index contributed by atoms with van der Waals surface area (Å²) in [5.74, 6) is 0. The van der Waals surface area contributed by atoms with Crippen molar-refractivity contribution in [1.29, 1.82) is 0 Å². The number of halogens is 1. The van der Waals surface area contributed by atoms with Gasteiger partial charge in [0.25, 0.3) is 0 Å². The highest BCUT2D eigenvalue weighted by Gasteiger charge is 2.18. The van der Waals surface area contributed by atoms with E-state index in [4.69, 9.17) is 16.0 Å². The van der Waals surface area contributed by atoms with Crippen LogP contribution in [0.5, 0.6) is 0 Å². The lowest BCUT2D eigenvalue weighted by Gasteiger charge is -2.18. The molecule has 1 atom stereocenters. The second-order valence-electron chi connectivity index (χ2n) is 4.24. The summed E-state index contributed by atoms with van der Waals surface area (Å²) in [4.78, 5) is 0. The third-order valence-corrected chi connectivity index (χ3v) is 3.37. The van der Waals surface area contributed by atoms with Crippen molar-refractivity contribution in [1.82, 2.24) is 5.32 Å². The number of nitrogens with one attached hydrogen (secondary N) is 1. The molecule has 0 radical (unpaired) electrons. The molecule has 96 valence electrons. The maximum atomic E-state index is 6.09. The van der Waals surface area contributed by atoms with E-state index >= 15 is 0 Å². The zero-order valence-corrected chi connectivity index (χ0v) is 11.5. The van der Waals surface area contributed by atoms with Gasteiger partial charge in [-0.25, -0.2) is 0 Å². The van der Waals surface area contributed by atoms with Crippen molar-refractivity contribution in [3.63, 3.8) is 0 Å². The summed E-state index contributed by atoms with van der Waals surface area (Å²) >= 11 is 6.09. The smallest absolute Gasteiger partial charge is 0.198 e. The fourth-order valence-electron chi connectivity index (χ4n) is 2.11. The van der Waals surface area contributed by atoms with E-state index in [1.165, 1.54) is 11.1 Å². The molecule has 0 saturated heterocycles. The molecule has 1 aromatic heterocycles. The molecule has 1 aromatic carbocycles. The highest BCUT2D eigenvalue weighted by molar-refractivity contribution is 6.29. The van der Waals surface area contributed by atoms with Crippen LogP contribution >= 0.6 is 11.6 Å². The van der Waals surface area contributed by atoms with Crippen molar-refractivity contribution in [3.05, 3.63) is 58.5 Å². The number of hydrogen-bond acceptors (Lipinski definition) is 2. The highest BCUT2D eigenvalue weighted by Crippen LogP contribution is 2.29. The van der Waals surface area contributed by atoms with Gasteiger partial charge in [-0.1, -0.05) is 38.1 Å². The number of aryl methyl sites for hydroxylation is 1. The van der Waals surface area contributed by atoms with Crippen LogP contribution in [0, 0.1) is 0 Å². The molecule has 1 N–H and O–H groups in total. The van der Waals surface area contributed by atoms with Crippen molar-refractivity contribution in [2.45, 2.75) is 26.3 Å². The van der Waals surface area contributed by atoms with Gasteiger partial charge >= 0.3 is 0 Å². The van der Waals surface area contributed by atoms with Crippen molar-refractivity contribution in [2.75, 3.05) is 6.54 Å². The Morgan fingerprint density at radius 2 is 2.11 bits per heavy atom. The Bertz CT molecular complexity index is 507. The molecule has 0 saturated carbocycles. The van der Waals surface area contributed by atoms with Crippen molar-refractivity contribution in [3.8, 4) is 0 Å². The molecule has 0 aliphatic rings. The molecule has 3 heteroatoms. The predicted octanol–water partition coefficient (Wildman–Crippen LogP) is 4.19.